The van der Waals surface area contributed by atoms with Gasteiger partial charge in [0.25, 0.3) is 10.2 Å². The Hall–Kier alpha value is -0.210. The van der Waals surface area contributed by atoms with Gasteiger partial charge in [0.2, 0.25) is 0 Å². The average molecular weight is 267 g/mol. The highest BCUT2D eigenvalue weighted by atomic mass is 32.2. The van der Waals surface area contributed by atoms with Gasteiger partial charge in [-0.25, -0.2) is 4.72 Å². The number of nitrogens with zero attached hydrogens (tertiary/aromatic N) is 1. The van der Waals surface area contributed by atoms with Gasteiger partial charge in [-0.1, -0.05) is 0 Å². The lowest BCUT2D eigenvalue weighted by Crippen LogP contribution is -2.39. The molecule has 0 radical (unpaired) electrons. The van der Waals surface area contributed by atoms with Gasteiger partial charge in [0.05, 0.1) is 0 Å². The van der Waals surface area contributed by atoms with E-state index in [0.717, 1.165) is 25.9 Å². The van der Waals surface area contributed by atoms with Gasteiger partial charge >= 0.3 is 0 Å². The van der Waals surface area contributed by atoms with Crippen LogP contribution >= 0.6 is 0 Å². The van der Waals surface area contributed by atoms with Crippen molar-refractivity contribution in [2.24, 2.45) is 5.73 Å². The molecule has 0 saturated carbocycles. The summed E-state index contributed by atoms with van der Waals surface area (Å²) in [7, 11) is -0.108. The molecule has 0 unspecified atom stereocenters. The van der Waals surface area contributed by atoms with Crippen LogP contribution in [-0.4, -0.2) is 53.1 Å². The van der Waals surface area contributed by atoms with Crippen LogP contribution in [0.3, 0.4) is 0 Å². The fraction of sp³-hybridized carbons (Fsp3) is 1.00. The third-order valence-electron chi connectivity index (χ3n) is 2.40. The third kappa shape index (κ3) is 8.50. The number of hydrogen-bond acceptors (Lipinski definition) is 4. The zero-order valence-corrected chi connectivity index (χ0v) is 11.6. The van der Waals surface area contributed by atoms with E-state index >= 15 is 0 Å². The predicted octanol–water partition coefficient (Wildman–Crippen LogP) is -0.0819. The number of nitrogens with one attached hydrogen (secondary N) is 1. The summed E-state index contributed by atoms with van der Waals surface area (Å²) < 4.78 is 32.1. The first-order chi connectivity index (χ1) is 8.04. The standard InChI is InChI=1S/C10H25N3O3S/c1-13(9-6-7-11)17(14,15)12-8-4-3-5-10-16-2/h12H,3-11H2,1-2H3. The van der Waals surface area contributed by atoms with Crippen molar-refractivity contribution in [2.75, 3.05) is 40.4 Å². The lowest BCUT2D eigenvalue weighted by molar-refractivity contribution is 0.192. The maximum atomic E-state index is 11.7. The van der Waals surface area contributed by atoms with Gasteiger partial charge in [0, 0.05) is 33.9 Å². The van der Waals surface area contributed by atoms with E-state index in [0.29, 0.717) is 26.1 Å². The van der Waals surface area contributed by atoms with Crippen LogP contribution in [0, 0.1) is 0 Å². The van der Waals surface area contributed by atoms with Crippen LogP contribution in [0.5, 0.6) is 0 Å². The molecule has 0 bridgehead atoms. The van der Waals surface area contributed by atoms with Crippen molar-refractivity contribution in [3.8, 4) is 0 Å². The molecule has 0 heterocycles. The first kappa shape index (κ1) is 16.8. The van der Waals surface area contributed by atoms with E-state index in [-0.39, 0.29) is 0 Å². The molecule has 0 atom stereocenters. The number of ether oxygens (including phenoxy) is 1. The van der Waals surface area contributed by atoms with Gasteiger partial charge < -0.3 is 10.5 Å². The van der Waals surface area contributed by atoms with Gasteiger partial charge in [0.1, 0.15) is 0 Å². The zero-order chi connectivity index (χ0) is 13.1. The van der Waals surface area contributed by atoms with E-state index in [4.69, 9.17) is 10.5 Å². The first-order valence-corrected chi connectivity index (χ1v) is 7.38. The smallest absolute Gasteiger partial charge is 0.279 e. The lowest BCUT2D eigenvalue weighted by Gasteiger charge is -2.17. The van der Waals surface area contributed by atoms with E-state index in [9.17, 15) is 8.42 Å². The summed E-state index contributed by atoms with van der Waals surface area (Å²) in [5.41, 5.74) is 5.33. The molecule has 0 rings (SSSR count). The second-order valence-corrected chi connectivity index (χ2v) is 5.78. The minimum Gasteiger partial charge on any atom is -0.385 e. The summed E-state index contributed by atoms with van der Waals surface area (Å²) in [5.74, 6) is 0. The quantitative estimate of drug-likeness (QED) is 0.513. The largest absolute Gasteiger partial charge is 0.385 e. The molecule has 6 nitrogen and oxygen atoms in total. The minimum atomic E-state index is -3.33. The molecule has 17 heavy (non-hydrogen) atoms. The highest BCUT2D eigenvalue weighted by Gasteiger charge is 2.15. The highest BCUT2D eigenvalue weighted by Crippen LogP contribution is 1.98. The summed E-state index contributed by atoms with van der Waals surface area (Å²) in [4.78, 5) is 0. The van der Waals surface area contributed by atoms with Gasteiger partial charge in [-0.3, -0.25) is 0 Å². The molecule has 0 aliphatic carbocycles. The maximum absolute atomic E-state index is 11.7. The number of nitrogens with two attached hydrogens (primary N) is 1. The molecule has 0 aliphatic rings. The first-order valence-electron chi connectivity index (χ1n) is 5.94. The Balaban J connectivity index is 3.70. The Kier molecular flexibility index (Phi) is 9.66. The Labute approximate surface area is 105 Å². The molecule has 3 N–H and O–H groups in total. The second-order valence-electron chi connectivity index (χ2n) is 3.92. The SMILES string of the molecule is COCCCCCNS(=O)(=O)N(C)CCCN. The molecular weight excluding hydrogens is 242 g/mol. The fourth-order valence-corrected chi connectivity index (χ4v) is 2.29. The lowest BCUT2D eigenvalue weighted by atomic mass is 10.2. The van der Waals surface area contributed by atoms with E-state index in [1.165, 1.54) is 4.31 Å². The van der Waals surface area contributed by atoms with Crippen LogP contribution in [0.2, 0.25) is 0 Å². The average Bonchev–Trinajstić information content (AvgIpc) is 2.30. The Morgan fingerprint density at radius 3 is 2.53 bits per heavy atom. The van der Waals surface area contributed by atoms with Crippen molar-refractivity contribution in [3.63, 3.8) is 0 Å². The number of methoxy groups -OCH3 is 1. The Bertz CT molecular complexity index is 270. The van der Waals surface area contributed by atoms with Crippen LogP contribution in [0.4, 0.5) is 0 Å². The molecule has 0 aromatic rings. The molecule has 7 heteroatoms. The predicted molar refractivity (Wildman–Crippen MR) is 69.0 cm³/mol. The van der Waals surface area contributed by atoms with Crippen LogP contribution in [-0.2, 0) is 14.9 Å². The molecule has 0 aliphatic heterocycles. The monoisotopic (exact) mass is 267 g/mol. The van der Waals surface area contributed by atoms with E-state index in [2.05, 4.69) is 4.72 Å². The van der Waals surface area contributed by atoms with Gasteiger partial charge in [-0.15, -0.1) is 0 Å². The topological polar surface area (TPSA) is 84.7 Å². The zero-order valence-electron chi connectivity index (χ0n) is 10.8. The van der Waals surface area contributed by atoms with Crippen molar-refractivity contribution in [3.05, 3.63) is 0 Å². The summed E-state index contributed by atoms with van der Waals surface area (Å²) >= 11 is 0. The molecule has 0 spiro atoms. The Morgan fingerprint density at radius 2 is 1.94 bits per heavy atom. The molecule has 0 fully saturated rings. The summed E-state index contributed by atoms with van der Waals surface area (Å²) in [5, 5.41) is 0. The highest BCUT2D eigenvalue weighted by molar-refractivity contribution is 7.87. The van der Waals surface area contributed by atoms with E-state index in [1.807, 2.05) is 0 Å². The maximum Gasteiger partial charge on any atom is 0.279 e. The van der Waals surface area contributed by atoms with Crippen LogP contribution in [0.25, 0.3) is 0 Å². The van der Waals surface area contributed by atoms with Crippen molar-refractivity contribution in [2.45, 2.75) is 25.7 Å². The van der Waals surface area contributed by atoms with Crippen molar-refractivity contribution in [1.82, 2.24) is 9.03 Å². The van der Waals surface area contributed by atoms with E-state index < -0.39 is 10.2 Å². The molecule has 0 aromatic heterocycles. The number of unbranched alkanes of at least 4 members (excludes halogenated alkanes) is 2. The second kappa shape index (κ2) is 9.78. The summed E-state index contributed by atoms with van der Waals surface area (Å²) in [6.07, 6.45) is 3.42. The van der Waals surface area contributed by atoms with Crippen molar-refractivity contribution in [1.29, 1.82) is 0 Å². The normalized spacial score (nSPS) is 12.2. The number of hydrogen-bond donors (Lipinski definition) is 2. The van der Waals surface area contributed by atoms with Crippen LogP contribution < -0.4 is 10.5 Å². The molecular formula is C10H25N3O3S. The van der Waals surface area contributed by atoms with Crippen molar-refractivity contribution >= 4 is 10.2 Å². The fourth-order valence-electron chi connectivity index (χ4n) is 1.29. The molecule has 104 valence electrons. The third-order valence-corrected chi connectivity index (χ3v) is 3.97. The van der Waals surface area contributed by atoms with Crippen LogP contribution in [0.15, 0.2) is 0 Å². The van der Waals surface area contributed by atoms with Gasteiger partial charge in [0.15, 0.2) is 0 Å². The van der Waals surface area contributed by atoms with Crippen LogP contribution in [0.1, 0.15) is 25.7 Å². The van der Waals surface area contributed by atoms with Gasteiger partial charge in [-0.05, 0) is 32.2 Å². The van der Waals surface area contributed by atoms with E-state index in [1.54, 1.807) is 14.2 Å². The van der Waals surface area contributed by atoms with Crippen molar-refractivity contribution < 1.29 is 13.2 Å². The molecule has 0 saturated heterocycles. The molecule has 0 amide bonds. The summed E-state index contributed by atoms with van der Waals surface area (Å²) in [6, 6.07) is 0. The Morgan fingerprint density at radius 1 is 1.24 bits per heavy atom. The minimum absolute atomic E-state index is 0.454. The number of rotatable bonds is 11. The summed E-state index contributed by atoms with van der Waals surface area (Å²) in [6.45, 7) is 2.15. The van der Waals surface area contributed by atoms with Gasteiger partial charge in [-0.2, -0.15) is 12.7 Å². The molecule has 0 aromatic carbocycles.